The van der Waals surface area contributed by atoms with Gasteiger partial charge in [0.05, 0.1) is 5.56 Å². The van der Waals surface area contributed by atoms with Gasteiger partial charge in [0.15, 0.2) is 11.5 Å². The molecule has 0 aliphatic carbocycles. The molecule has 0 bridgehead atoms. The van der Waals surface area contributed by atoms with Gasteiger partial charge in [-0.3, -0.25) is 9.69 Å². The van der Waals surface area contributed by atoms with Crippen molar-refractivity contribution in [1.29, 1.82) is 0 Å². The Labute approximate surface area is 163 Å². The molecule has 3 heterocycles. The molecule has 8 nitrogen and oxygen atoms in total. The molecule has 1 fully saturated rings. The van der Waals surface area contributed by atoms with Crippen molar-refractivity contribution in [3.8, 4) is 11.5 Å². The van der Waals surface area contributed by atoms with Gasteiger partial charge in [0.25, 0.3) is 5.91 Å². The van der Waals surface area contributed by atoms with Crippen molar-refractivity contribution in [3.63, 3.8) is 0 Å². The third-order valence-corrected chi connectivity index (χ3v) is 4.81. The molecule has 2 aliphatic heterocycles. The molecule has 1 amide bonds. The lowest BCUT2D eigenvalue weighted by Crippen LogP contribution is -2.48. The third kappa shape index (κ3) is 4.07. The lowest BCUT2D eigenvalue weighted by atomic mass is 10.1. The fourth-order valence-electron chi connectivity index (χ4n) is 3.28. The van der Waals surface area contributed by atoms with E-state index in [1.165, 1.54) is 5.56 Å². The second kappa shape index (κ2) is 8.26. The zero-order chi connectivity index (χ0) is 19.3. The van der Waals surface area contributed by atoms with Crippen molar-refractivity contribution in [3.05, 3.63) is 54.4 Å². The van der Waals surface area contributed by atoms with Crippen LogP contribution in [0.15, 0.2) is 43.2 Å². The first-order valence-electron chi connectivity index (χ1n) is 9.30. The molecule has 2 aliphatic rings. The number of hydrogen-bond acceptors (Lipinski definition) is 7. The highest BCUT2D eigenvalue weighted by Crippen LogP contribution is 2.32. The molecule has 0 saturated carbocycles. The molecule has 0 unspecified atom stereocenters. The van der Waals surface area contributed by atoms with Crippen LogP contribution in [0.25, 0.3) is 0 Å². The number of anilines is 1. The topological polar surface area (TPSA) is 79.8 Å². The molecule has 4 rings (SSSR count). The molecule has 0 atom stereocenters. The predicted octanol–water partition coefficient (Wildman–Crippen LogP) is 1.76. The first kappa shape index (κ1) is 18.2. The minimum atomic E-state index is -0.0296. The largest absolute Gasteiger partial charge is 0.454 e. The summed E-state index contributed by atoms with van der Waals surface area (Å²) in [5, 5.41) is 3.00. The molecular formula is C20H23N5O3. The van der Waals surface area contributed by atoms with E-state index in [2.05, 4.69) is 32.8 Å². The first-order chi connectivity index (χ1) is 13.7. The minimum absolute atomic E-state index is 0.0296. The van der Waals surface area contributed by atoms with Gasteiger partial charge in [0.2, 0.25) is 12.7 Å². The number of carbonyl (C=O) groups excluding carboxylic acids is 1. The Kier molecular flexibility index (Phi) is 5.38. The number of piperazine rings is 1. The summed E-state index contributed by atoms with van der Waals surface area (Å²) in [6, 6.07) is 6.04. The summed E-state index contributed by atoms with van der Waals surface area (Å²) in [4.78, 5) is 25.2. The van der Waals surface area contributed by atoms with Gasteiger partial charge in [-0.2, -0.15) is 0 Å². The highest BCUT2D eigenvalue weighted by atomic mass is 16.7. The fourth-order valence-corrected chi connectivity index (χ4v) is 3.28. The van der Waals surface area contributed by atoms with E-state index >= 15 is 0 Å². The quantitative estimate of drug-likeness (QED) is 0.764. The molecule has 1 N–H and O–H groups in total. The van der Waals surface area contributed by atoms with E-state index in [9.17, 15) is 4.79 Å². The van der Waals surface area contributed by atoms with Crippen molar-refractivity contribution in [2.24, 2.45) is 0 Å². The van der Waals surface area contributed by atoms with Crippen LogP contribution in [0.4, 0.5) is 5.95 Å². The van der Waals surface area contributed by atoms with Crippen LogP contribution in [0.2, 0.25) is 0 Å². The number of ether oxygens (including phenoxy) is 2. The van der Waals surface area contributed by atoms with Gasteiger partial charge in [-0.25, -0.2) is 9.97 Å². The van der Waals surface area contributed by atoms with Crippen LogP contribution in [-0.2, 0) is 6.54 Å². The highest BCUT2D eigenvalue weighted by Gasteiger charge is 2.23. The van der Waals surface area contributed by atoms with Crippen LogP contribution in [0.3, 0.4) is 0 Å². The molecule has 28 heavy (non-hydrogen) atoms. The van der Waals surface area contributed by atoms with Gasteiger partial charge in [0.1, 0.15) is 0 Å². The number of fused-ring (bicyclic) bond motifs is 1. The van der Waals surface area contributed by atoms with Gasteiger partial charge in [-0.15, -0.1) is 6.58 Å². The zero-order valence-corrected chi connectivity index (χ0v) is 15.6. The van der Waals surface area contributed by atoms with Crippen LogP contribution in [0.1, 0.15) is 15.9 Å². The predicted molar refractivity (Wildman–Crippen MR) is 104 cm³/mol. The summed E-state index contributed by atoms with van der Waals surface area (Å²) >= 11 is 0. The van der Waals surface area contributed by atoms with Crippen molar-refractivity contribution >= 4 is 11.9 Å². The van der Waals surface area contributed by atoms with Crippen LogP contribution in [-0.4, -0.2) is 65.2 Å². The van der Waals surface area contributed by atoms with Crippen LogP contribution < -0.4 is 14.8 Å². The van der Waals surface area contributed by atoms with E-state index < -0.39 is 0 Å². The lowest BCUT2D eigenvalue weighted by molar-refractivity contribution is 0.0627. The molecule has 1 aromatic carbocycles. The highest BCUT2D eigenvalue weighted by molar-refractivity contribution is 5.93. The molecule has 146 valence electrons. The Morgan fingerprint density at radius 2 is 1.89 bits per heavy atom. The Balaban J connectivity index is 1.29. The number of rotatable bonds is 6. The normalized spacial score (nSPS) is 16.1. The SMILES string of the molecule is C=CCNc1ncc(C(=O)N2CCN(Cc3ccc4c(c3)OCO4)CC2)cn1. The number of aromatic nitrogens is 2. The number of amides is 1. The maximum Gasteiger partial charge on any atom is 0.257 e. The van der Waals surface area contributed by atoms with E-state index in [1.54, 1.807) is 18.5 Å². The molecule has 2 aromatic rings. The molecule has 8 heteroatoms. The van der Waals surface area contributed by atoms with Gasteiger partial charge >= 0.3 is 0 Å². The standard InChI is InChI=1S/C20H23N5O3/c1-2-5-21-20-22-11-16(12-23-20)19(26)25-8-6-24(7-9-25)13-15-3-4-17-18(10-15)28-14-27-17/h2-4,10-12H,1,5-9,13-14H2,(H,21,22,23). The monoisotopic (exact) mass is 381 g/mol. The summed E-state index contributed by atoms with van der Waals surface area (Å²) in [7, 11) is 0. The Bertz CT molecular complexity index is 847. The minimum Gasteiger partial charge on any atom is -0.454 e. The average Bonchev–Trinajstić information content (AvgIpc) is 3.20. The average molecular weight is 381 g/mol. The lowest BCUT2D eigenvalue weighted by Gasteiger charge is -2.34. The smallest absolute Gasteiger partial charge is 0.257 e. The van der Waals surface area contributed by atoms with Crippen molar-refractivity contribution < 1.29 is 14.3 Å². The van der Waals surface area contributed by atoms with E-state index in [1.807, 2.05) is 17.0 Å². The number of benzene rings is 1. The molecule has 0 spiro atoms. The van der Waals surface area contributed by atoms with Crippen LogP contribution >= 0.6 is 0 Å². The maximum atomic E-state index is 12.7. The van der Waals surface area contributed by atoms with E-state index in [4.69, 9.17) is 9.47 Å². The fraction of sp³-hybridized carbons (Fsp3) is 0.350. The van der Waals surface area contributed by atoms with Gasteiger partial charge in [0, 0.05) is 51.7 Å². The summed E-state index contributed by atoms with van der Waals surface area (Å²) in [6.45, 7) is 8.33. The number of nitrogens with one attached hydrogen (secondary N) is 1. The number of hydrogen-bond donors (Lipinski definition) is 1. The van der Waals surface area contributed by atoms with E-state index in [0.717, 1.165) is 31.1 Å². The maximum absolute atomic E-state index is 12.7. The first-order valence-corrected chi connectivity index (χ1v) is 9.30. The second-order valence-corrected chi connectivity index (χ2v) is 6.72. The summed E-state index contributed by atoms with van der Waals surface area (Å²) in [5.74, 6) is 2.06. The zero-order valence-electron chi connectivity index (χ0n) is 15.6. The number of carbonyl (C=O) groups is 1. The number of nitrogens with zero attached hydrogens (tertiary/aromatic N) is 4. The van der Waals surface area contributed by atoms with Crippen molar-refractivity contribution in [2.45, 2.75) is 6.54 Å². The van der Waals surface area contributed by atoms with Gasteiger partial charge < -0.3 is 19.7 Å². The van der Waals surface area contributed by atoms with E-state index in [0.29, 0.717) is 31.1 Å². The Morgan fingerprint density at radius 1 is 1.14 bits per heavy atom. The van der Waals surface area contributed by atoms with E-state index in [-0.39, 0.29) is 12.7 Å². The summed E-state index contributed by atoms with van der Waals surface area (Å²) in [6.07, 6.45) is 4.87. The van der Waals surface area contributed by atoms with Crippen LogP contribution in [0.5, 0.6) is 11.5 Å². The van der Waals surface area contributed by atoms with Gasteiger partial charge in [-0.1, -0.05) is 12.1 Å². The summed E-state index contributed by atoms with van der Waals surface area (Å²) in [5.41, 5.74) is 1.69. The summed E-state index contributed by atoms with van der Waals surface area (Å²) < 4.78 is 10.8. The molecule has 1 saturated heterocycles. The van der Waals surface area contributed by atoms with Crippen LogP contribution in [0, 0.1) is 0 Å². The Hall–Kier alpha value is -3.13. The third-order valence-electron chi connectivity index (χ3n) is 4.81. The van der Waals surface area contributed by atoms with Crippen molar-refractivity contribution in [2.75, 3.05) is 44.8 Å². The molecular weight excluding hydrogens is 358 g/mol. The van der Waals surface area contributed by atoms with Gasteiger partial charge in [-0.05, 0) is 17.7 Å². The Morgan fingerprint density at radius 3 is 2.64 bits per heavy atom. The molecule has 1 aromatic heterocycles. The second-order valence-electron chi connectivity index (χ2n) is 6.72. The van der Waals surface area contributed by atoms with Crippen molar-refractivity contribution in [1.82, 2.24) is 19.8 Å². The molecule has 0 radical (unpaired) electrons.